The van der Waals surface area contributed by atoms with Gasteiger partial charge in [0.25, 0.3) is 5.91 Å². The van der Waals surface area contributed by atoms with E-state index in [1.54, 1.807) is 44.2 Å². The van der Waals surface area contributed by atoms with Gasteiger partial charge in [0.2, 0.25) is 0 Å². The van der Waals surface area contributed by atoms with Crippen molar-refractivity contribution in [3.05, 3.63) is 58.4 Å². The highest BCUT2D eigenvalue weighted by molar-refractivity contribution is 6.31. The van der Waals surface area contributed by atoms with E-state index in [0.29, 0.717) is 29.4 Å². The standard InChI is InChI=1S/C22H26ClN5O2/c1-6-28-19-10-8-15(21(29)26(3)4)11-18(19)25-20(28)13-27(5)22(30)24-16-9-7-14(2)17(23)12-16/h7-12H,6,13H2,1-5H3,(H,24,30). The zero-order valence-corrected chi connectivity index (χ0v) is 18.6. The molecule has 1 N–H and O–H groups in total. The summed E-state index contributed by atoms with van der Waals surface area (Å²) in [5.74, 6) is 0.680. The van der Waals surface area contributed by atoms with E-state index < -0.39 is 0 Å². The summed E-state index contributed by atoms with van der Waals surface area (Å²) in [6.07, 6.45) is 0. The van der Waals surface area contributed by atoms with Gasteiger partial charge in [0.15, 0.2) is 0 Å². The normalized spacial score (nSPS) is 10.9. The monoisotopic (exact) mass is 427 g/mol. The highest BCUT2D eigenvalue weighted by atomic mass is 35.5. The second-order valence-electron chi connectivity index (χ2n) is 7.43. The first-order valence-corrected chi connectivity index (χ1v) is 10.1. The number of carbonyl (C=O) groups excluding carboxylic acids is 2. The Balaban J connectivity index is 1.82. The molecule has 0 aliphatic rings. The molecule has 0 aliphatic heterocycles. The fraction of sp³-hybridized carbons (Fsp3) is 0.318. The van der Waals surface area contributed by atoms with Gasteiger partial charge in [0, 0.05) is 44.0 Å². The molecule has 0 saturated heterocycles. The molecule has 0 spiro atoms. The minimum absolute atomic E-state index is 0.0715. The van der Waals surface area contributed by atoms with Crippen molar-refractivity contribution < 1.29 is 9.59 Å². The van der Waals surface area contributed by atoms with Crippen LogP contribution in [0.2, 0.25) is 5.02 Å². The fourth-order valence-corrected chi connectivity index (χ4v) is 3.40. The molecule has 0 atom stereocenters. The molecule has 3 aromatic rings. The van der Waals surface area contributed by atoms with Gasteiger partial charge in [-0.15, -0.1) is 0 Å². The zero-order chi connectivity index (χ0) is 22.0. The summed E-state index contributed by atoms with van der Waals surface area (Å²) in [5.41, 5.74) is 3.84. The third-order valence-corrected chi connectivity index (χ3v) is 5.35. The lowest BCUT2D eigenvalue weighted by molar-refractivity contribution is 0.0827. The average Bonchev–Trinajstić information content (AvgIpc) is 3.05. The van der Waals surface area contributed by atoms with Crippen molar-refractivity contribution in [2.75, 3.05) is 26.5 Å². The molecule has 0 radical (unpaired) electrons. The van der Waals surface area contributed by atoms with Gasteiger partial charge in [-0.2, -0.15) is 0 Å². The summed E-state index contributed by atoms with van der Waals surface area (Å²) in [6, 6.07) is 10.7. The Morgan fingerprint density at radius 2 is 1.87 bits per heavy atom. The molecule has 3 amide bonds. The van der Waals surface area contributed by atoms with E-state index in [9.17, 15) is 9.59 Å². The number of hydrogen-bond acceptors (Lipinski definition) is 3. The maximum atomic E-state index is 12.6. The number of urea groups is 1. The van der Waals surface area contributed by atoms with Crippen LogP contribution in [-0.4, -0.2) is 52.4 Å². The highest BCUT2D eigenvalue weighted by Gasteiger charge is 2.17. The van der Waals surface area contributed by atoms with Gasteiger partial charge in [0.1, 0.15) is 5.82 Å². The molecule has 1 aromatic heterocycles. The van der Waals surface area contributed by atoms with Crippen molar-refractivity contribution in [2.45, 2.75) is 26.9 Å². The molecule has 3 rings (SSSR count). The maximum absolute atomic E-state index is 12.6. The molecular weight excluding hydrogens is 402 g/mol. The Morgan fingerprint density at radius 3 is 2.50 bits per heavy atom. The Morgan fingerprint density at radius 1 is 1.13 bits per heavy atom. The summed E-state index contributed by atoms with van der Waals surface area (Å²) in [4.78, 5) is 32.7. The molecule has 0 saturated carbocycles. The van der Waals surface area contributed by atoms with Crippen molar-refractivity contribution in [1.82, 2.24) is 19.4 Å². The molecule has 158 valence electrons. The van der Waals surface area contributed by atoms with E-state index >= 15 is 0 Å². The number of benzene rings is 2. The molecule has 2 aromatic carbocycles. The number of anilines is 1. The lowest BCUT2D eigenvalue weighted by Crippen LogP contribution is -2.31. The molecule has 0 bridgehead atoms. The topological polar surface area (TPSA) is 70.5 Å². The van der Waals surface area contributed by atoms with E-state index in [4.69, 9.17) is 16.6 Å². The first-order chi connectivity index (χ1) is 14.2. The number of carbonyl (C=O) groups is 2. The third-order valence-electron chi connectivity index (χ3n) is 4.95. The summed E-state index contributed by atoms with van der Waals surface area (Å²) >= 11 is 6.14. The van der Waals surface area contributed by atoms with Crippen molar-refractivity contribution in [3.63, 3.8) is 0 Å². The number of imidazole rings is 1. The molecule has 0 aliphatic carbocycles. The van der Waals surface area contributed by atoms with E-state index in [1.807, 2.05) is 36.6 Å². The lowest BCUT2D eigenvalue weighted by Gasteiger charge is -2.18. The van der Waals surface area contributed by atoms with Gasteiger partial charge in [0.05, 0.1) is 17.6 Å². The summed E-state index contributed by atoms with van der Waals surface area (Å²) in [7, 11) is 5.15. The zero-order valence-electron chi connectivity index (χ0n) is 17.9. The van der Waals surface area contributed by atoms with Crippen LogP contribution < -0.4 is 5.32 Å². The largest absolute Gasteiger partial charge is 0.345 e. The van der Waals surface area contributed by atoms with E-state index in [1.165, 1.54) is 4.90 Å². The van der Waals surface area contributed by atoms with Crippen LogP contribution in [-0.2, 0) is 13.1 Å². The molecule has 8 heteroatoms. The van der Waals surface area contributed by atoms with Gasteiger partial charge >= 0.3 is 6.03 Å². The van der Waals surface area contributed by atoms with Gasteiger partial charge in [-0.3, -0.25) is 4.79 Å². The van der Waals surface area contributed by atoms with Crippen LogP contribution in [0.4, 0.5) is 10.5 Å². The van der Waals surface area contributed by atoms with Crippen LogP contribution in [0.5, 0.6) is 0 Å². The molecular formula is C22H26ClN5O2. The van der Waals surface area contributed by atoms with E-state index in [0.717, 1.165) is 22.4 Å². The summed E-state index contributed by atoms with van der Waals surface area (Å²) in [6.45, 7) is 4.96. The Labute approximate surface area is 181 Å². The van der Waals surface area contributed by atoms with Crippen molar-refractivity contribution in [3.8, 4) is 0 Å². The maximum Gasteiger partial charge on any atom is 0.321 e. The lowest BCUT2D eigenvalue weighted by atomic mass is 10.2. The number of hydrogen-bond donors (Lipinski definition) is 1. The number of fused-ring (bicyclic) bond motifs is 1. The number of halogens is 1. The van der Waals surface area contributed by atoms with Crippen LogP contribution in [0.3, 0.4) is 0 Å². The Kier molecular flexibility index (Phi) is 6.31. The molecule has 1 heterocycles. The SMILES string of the molecule is CCn1c(CN(C)C(=O)Nc2ccc(C)c(Cl)c2)nc2cc(C(=O)N(C)C)ccc21. The van der Waals surface area contributed by atoms with Crippen LogP contribution in [0.15, 0.2) is 36.4 Å². The quantitative estimate of drug-likeness (QED) is 0.656. The van der Waals surface area contributed by atoms with E-state index in [2.05, 4.69) is 5.32 Å². The van der Waals surface area contributed by atoms with Crippen molar-refractivity contribution >= 4 is 40.3 Å². The smallest absolute Gasteiger partial charge is 0.321 e. The average molecular weight is 428 g/mol. The Bertz CT molecular complexity index is 1110. The molecule has 0 unspecified atom stereocenters. The Hall–Kier alpha value is -3.06. The number of nitrogens with one attached hydrogen (secondary N) is 1. The first kappa shape index (κ1) is 21.6. The fourth-order valence-electron chi connectivity index (χ4n) is 3.22. The number of aromatic nitrogens is 2. The van der Waals surface area contributed by atoms with Crippen molar-refractivity contribution in [2.24, 2.45) is 0 Å². The minimum Gasteiger partial charge on any atom is -0.345 e. The summed E-state index contributed by atoms with van der Waals surface area (Å²) < 4.78 is 2.05. The summed E-state index contributed by atoms with van der Waals surface area (Å²) in [5, 5.41) is 3.46. The van der Waals surface area contributed by atoms with Crippen LogP contribution in [0, 0.1) is 6.92 Å². The second kappa shape index (κ2) is 8.75. The van der Waals surface area contributed by atoms with Gasteiger partial charge < -0.3 is 19.7 Å². The van der Waals surface area contributed by atoms with Crippen LogP contribution in [0.25, 0.3) is 11.0 Å². The highest BCUT2D eigenvalue weighted by Crippen LogP contribution is 2.22. The van der Waals surface area contributed by atoms with Gasteiger partial charge in [-0.1, -0.05) is 17.7 Å². The minimum atomic E-state index is -0.256. The predicted molar refractivity (Wildman–Crippen MR) is 120 cm³/mol. The third kappa shape index (κ3) is 4.41. The molecule has 0 fully saturated rings. The van der Waals surface area contributed by atoms with E-state index in [-0.39, 0.29) is 11.9 Å². The first-order valence-electron chi connectivity index (χ1n) is 9.70. The van der Waals surface area contributed by atoms with Crippen molar-refractivity contribution in [1.29, 1.82) is 0 Å². The molecule has 30 heavy (non-hydrogen) atoms. The van der Waals surface area contributed by atoms with Gasteiger partial charge in [-0.25, -0.2) is 9.78 Å². The predicted octanol–water partition coefficient (Wildman–Crippen LogP) is 4.38. The number of aryl methyl sites for hydroxylation is 2. The van der Waals surface area contributed by atoms with Gasteiger partial charge in [-0.05, 0) is 49.7 Å². The second-order valence-corrected chi connectivity index (χ2v) is 7.83. The van der Waals surface area contributed by atoms with Crippen LogP contribution in [0.1, 0.15) is 28.7 Å². The van der Waals surface area contributed by atoms with Crippen LogP contribution >= 0.6 is 11.6 Å². The number of rotatable bonds is 5. The number of nitrogens with zero attached hydrogens (tertiary/aromatic N) is 4. The molecule has 7 nitrogen and oxygen atoms in total. The number of amides is 3.